The molecule has 0 aromatic rings. The van der Waals surface area contributed by atoms with E-state index in [1.165, 1.54) is 0 Å². The smallest absolute Gasteiger partial charge is 0.309 e. The molecule has 0 rings (SSSR count). The van der Waals surface area contributed by atoms with Gasteiger partial charge >= 0.3 is 11.8 Å². The zero-order valence-corrected chi connectivity index (χ0v) is 10.7. The molecule has 6 heteroatoms. The van der Waals surface area contributed by atoms with Crippen molar-refractivity contribution in [2.24, 2.45) is 11.7 Å². The quantitative estimate of drug-likeness (QED) is 0.468. The average Bonchev–Trinajstić information content (AvgIpc) is 2.21. The normalized spacial score (nSPS) is 12.0. The van der Waals surface area contributed by atoms with E-state index in [2.05, 4.69) is 22.9 Å². The van der Waals surface area contributed by atoms with E-state index in [1.807, 2.05) is 20.8 Å². The molecule has 0 fully saturated rings. The maximum absolute atomic E-state index is 11.4. The molecule has 0 aromatic heterocycles. The Balaban J connectivity index is 4.13. The molecule has 0 aliphatic carbocycles. The Bertz CT molecular complexity index is 279. The molecule has 4 N–H and O–H groups in total. The number of nitrogens with two attached hydrogens (primary N) is 1. The summed E-state index contributed by atoms with van der Waals surface area (Å²) in [6.07, 6.45) is 0.784. The number of hydrogen-bond acceptors (Lipinski definition) is 3. The highest BCUT2D eigenvalue weighted by Crippen LogP contribution is 2.04. The van der Waals surface area contributed by atoms with Gasteiger partial charge in [0.15, 0.2) is 0 Å². The minimum atomic E-state index is -0.702. The second-order valence-electron chi connectivity index (χ2n) is 3.88. The van der Waals surface area contributed by atoms with Crippen molar-refractivity contribution < 1.29 is 9.59 Å². The molecule has 2 amide bonds. The Hall–Kier alpha value is -1.17. The van der Waals surface area contributed by atoms with Crippen LogP contribution in [0.2, 0.25) is 0 Å². The van der Waals surface area contributed by atoms with Crippen molar-refractivity contribution in [3.63, 3.8) is 0 Å². The van der Waals surface area contributed by atoms with Crippen molar-refractivity contribution in [2.75, 3.05) is 6.54 Å². The predicted molar refractivity (Wildman–Crippen MR) is 66.9 cm³/mol. The van der Waals surface area contributed by atoms with Gasteiger partial charge in [0.25, 0.3) is 0 Å². The van der Waals surface area contributed by atoms with Gasteiger partial charge in [0, 0.05) is 6.04 Å². The summed E-state index contributed by atoms with van der Waals surface area (Å²) in [6.45, 7) is 5.97. The van der Waals surface area contributed by atoms with E-state index >= 15 is 0 Å². The number of amides is 2. The largest absolute Gasteiger partial charge is 0.392 e. The molecule has 92 valence electrons. The van der Waals surface area contributed by atoms with Crippen molar-refractivity contribution in [3.8, 4) is 0 Å². The third-order valence-corrected chi connectivity index (χ3v) is 2.33. The van der Waals surface area contributed by atoms with Crippen LogP contribution >= 0.6 is 12.2 Å². The van der Waals surface area contributed by atoms with Gasteiger partial charge in [0.2, 0.25) is 0 Å². The molecule has 0 saturated carbocycles. The highest BCUT2D eigenvalue weighted by Gasteiger charge is 2.19. The molecular formula is C10H19N3O2S. The topological polar surface area (TPSA) is 84.2 Å². The van der Waals surface area contributed by atoms with Crippen molar-refractivity contribution in [1.82, 2.24) is 10.6 Å². The molecule has 1 atom stereocenters. The van der Waals surface area contributed by atoms with Gasteiger partial charge in [-0.2, -0.15) is 0 Å². The van der Waals surface area contributed by atoms with Gasteiger partial charge in [0.05, 0.1) is 11.5 Å². The lowest BCUT2D eigenvalue weighted by atomic mass is 10.0. The molecule has 0 saturated heterocycles. The second-order valence-corrected chi connectivity index (χ2v) is 4.41. The molecule has 0 bridgehead atoms. The summed E-state index contributed by atoms with van der Waals surface area (Å²) in [5.41, 5.74) is 5.20. The zero-order valence-electron chi connectivity index (χ0n) is 9.87. The summed E-state index contributed by atoms with van der Waals surface area (Å²) in [7, 11) is 0. The lowest BCUT2D eigenvalue weighted by Gasteiger charge is -2.20. The highest BCUT2D eigenvalue weighted by molar-refractivity contribution is 7.80. The SMILES string of the molecule is CCC(NC(=O)C(=O)NCC(N)=S)C(C)C. The van der Waals surface area contributed by atoms with E-state index in [-0.39, 0.29) is 23.5 Å². The van der Waals surface area contributed by atoms with Crippen LogP contribution in [0.5, 0.6) is 0 Å². The number of hydrogen-bond donors (Lipinski definition) is 3. The lowest BCUT2D eigenvalue weighted by Crippen LogP contribution is -2.47. The Morgan fingerprint density at radius 2 is 1.88 bits per heavy atom. The molecule has 0 spiro atoms. The van der Waals surface area contributed by atoms with Gasteiger partial charge in [-0.3, -0.25) is 9.59 Å². The lowest BCUT2D eigenvalue weighted by molar-refractivity contribution is -0.139. The fraction of sp³-hybridized carbons (Fsp3) is 0.700. The van der Waals surface area contributed by atoms with Crippen LogP contribution in [0, 0.1) is 5.92 Å². The average molecular weight is 245 g/mol. The first-order valence-corrected chi connectivity index (χ1v) is 5.66. The third kappa shape index (κ3) is 5.65. The van der Waals surface area contributed by atoms with E-state index < -0.39 is 11.8 Å². The Labute approximate surface area is 101 Å². The van der Waals surface area contributed by atoms with Gasteiger partial charge in [-0.25, -0.2) is 0 Å². The minimum absolute atomic E-state index is 0.00285. The van der Waals surface area contributed by atoms with Crippen LogP contribution in [-0.2, 0) is 9.59 Å². The summed E-state index contributed by atoms with van der Waals surface area (Å²) in [5, 5.41) is 4.99. The zero-order chi connectivity index (χ0) is 12.7. The van der Waals surface area contributed by atoms with E-state index in [0.717, 1.165) is 6.42 Å². The van der Waals surface area contributed by atoms with Crippen LogP contribution in [0.1, 0.15) is 27.2 Å². The van der Waals surface area contributed by atoms with Crippen LogP contribution in [0.15, 0.2) is 0 Å². The standard InChI is InChI=1S/C10H19N3O2S/c1-4-7(6(2)3)13-10(15)9(14)12-5-8(11)16/h6-7H,4-5H2,1-3H3,(H2,11,16)(H,12,14)(H,13,15). The van der Waals surface area contributed by atoms with Crippen molar-refractivity contribution in [1.29, 1.82) is 0 Å². The van der Waals surface area contributed by atoms with Crippen LogP contribution in [0.25, 0.3) is 0 Å². The molecule has 0 aliphatic rings. The maximum atomic E-state index is 11.4. The predicted octanol–water partition coefficient (Wildman–Crippen LogP) is -0.0605. The van der Waals surface area contributed by atoms with Crippen LogP contribution < -0.4 is 16.4 Å². The number of thiocarbonyl (C=S) groups is 1. The molecule has 0 aromatic carbocycles. The number of nitrogens with one attached hydrogen (secondary N) is 2. The molecule has 0 radical (unpaired) electrons. The van der Waals surface area contributed by atoms with Crippen molar-refractivity contribution in [2.45, 2.75) is 33.2 Å². The third-order valence-electron chi connectivity index (χ3n) is 2.19. The summed E-state index contributed by atoms with van der Waals surface area (Å²) in [5.74, 6) is -1.05. The maximum Gasteiger partial charge on any atom is 0.309 e. The molecule has 16 heavy (non-hydrogen) atoms. The summed E-state index contributed by atoms with van der Waals surface area (Å²) in [6, 6.07) is 0.00285. The highest BCUT2D eigenvalue weighted by atomic mass is 32.1. The van der Waals surface area contributed by atoms with Gasteiger partial charge in [-0.1, -0.05) is 33.0 Å². The van der Waals surface area contributed by atoms with E-state index in [0.29, 0.717) is 0 Å². The minimum Gasteiger partial charge on any atom is -0.392 e. The summed E-state index contributed by atoms with van der Waals surface area (Å²) < 4.78 is 0. The first-order valence-electron chi connectivity index (χ1n) is 5.25. The van der Waals surface area contributed by atoms with Crippen molar-refractivity contribution >= 4 is 29.0 Å². The molecule has 0 aliphatic heterocycles. The molecule has 1 unspecified atom stereocenters. The Morgan fingerprint density at radius 1 is 1.31 bits per heavy atom. The van der Waals surface area contributed by atoms with E-state index in [4.69, 9.17) is 5.73 Å². The molecule has 5 nitrogen and oxygen atoms in total. The summed E-state index contributed by atoms with van der Waals surface area (Å²) >= 11 is 4.58. The Kier molecular flexibility index (Phi) is 6.64. The van der Waals surface area contributed by atoms with Gasteiger partial charge in [-0.05, 0) is 12.3 Å². The van der Waals surface area contributed by atoms with E-state index in [9.17, 15) is 9.59 Å². The monoisotopic (exact) mass is 245 g/mol. The van der Waals surface area contributed by atoms with Gasteiger partial charge < -0.3 is 16.4 Å². The second kappa shape index (κ2) is 7.16. The molecular weight excluding hydrogens is 226 g/mol. The fourth-order valence-corrected chi connectivity index (χ4v) is 1.29. The number of rotatable bonds is 5. The molecule has 0 heterocycles. The fourth-order valence-electron chi connectivity index (χ4n) is 1.22. The first-order chi connectivity index (χ1) is 7.38. The van der Waals surface area contributed by atoms with Crippen LogP contribution in [0.3, 0.4) is 0 Å². The number of carbonyl (C=O) groups excluding carboxylic acids is 2. The summed E-state index contributed by atoms with van der Waals surface area (Å²) in [4.78, 5) is 22.9. The van der Waals surface area contributed by atoms with Crippen LogP contribution in [0.4, 0.5) is 0 Å². The van der Waals surface area contributed by atoms with Gasteiger partial charge in [-0.15, -0.1) is 0 Å². The van der Waals surface area contributed by atoms with Gasteiger partial charge in [0.1, 0.15) is 0 Å². The van der Waals surface area contributed by atoms with Crippen molar-refractivity contribution in [3.05, 3.63) is 0 Å². The van der Waals surface area contributed by atoms with E-state index in [1.54, 1.807) is 0 Å². The first kappa shape index (κ1) is 14.8. The van der Waals surface area contributed by atoms with Crippen LogP contribution in [-0.4, -0.2) is 29.4 Å². The number of carbonyl (C=O) groups is 2. The Morgan fingerprint density at radius 3 is 2.25 bits per heavy atom.